The molecule has 28 heavy (non-hydrogen) atoms. The molecule has 1 aromatic carbocycles. The van der Waals surface area contributed by atoms with Gasteiger partial charge in [0.05, 0.1) is 25.0 Å². The average molecular weight is 455 g/mol. The van der Waals surface area contributed by atoms with Gasteiger partial charge in [-0.05, 0) is 59.3 Å². The molecule has 2 aromatic heterocycles. The van der Waals surface area contributed by atoms with Crippen LogP contribution in [0, 0.1) is 0 Å². The largest absolute Gasteiger partial charge is 0.497 e. The van der Waals surface area contributed by atoms with E-state index in [0.29, 0.717) is 21.5 Å². The lowest BCUT2D eigenvalue weighted by molar-refractivity contribution is -0.141. The van der Waals surface area contributed by atoms with Crippen LogP contribution in [0.1, 0.15) is 23.0 Å². The standard InChI is InChI=1S/C19H14BrF3N2O3/c1-3-28-18(26)13-8-11-9-14(20)15(10-4-6-12(27-2)7-5-10)24-17(11)25-16(13)19(21,22)23/h4-9H,3H2,1-2H3. The summed E-state index contributed by atoms with van der Waals surface area (Å²) < 4.78 is 50.7. The molecule has 5 nitrogen and oxygen atoms in total. The van der Waals surface area contributed by atoms with E-state index in [0.717, 1.165) is 6.07 Å². The molecule has 0 saturated heterocycles. The summed E-state index contributed by atoms with van der Waals surface area (Å²) in [6, 6.07) is 9.56. The number of rotatable bonds is 4. The van der Waals surface area contributed by atoms with Gasteiger partial charge in [-0.3, -0.25) is 0 Å². The fourth-order valence-electron chi connectivity index (χ4n) is 2.61. The first-order valence-corrected chi connectivity index (χ1v) is 8.94. The van der Waals surface area contributed by atoms with E-state index in [1.54, 1.807) is 30.3 Å². The van der Waals surface area contributed by atoms with Gasteiger partial charge in [-0.15, -0.1) is 0 Å². The normalized spacial score (nSPS) is 11.5. The summed E-state index contributed by atoms with van der Waals surface area (Å²) in [4.78, 5) is 19.9. The summed E-state index contributed by atoms with van der Waals surface area (Å²) in [5.74, 6) is -0.447. The zero-order valence-electron chi connectivity index (χ0n) is 14.8. The Labute approximate surface area is 166 Å². The molecule has 0 unspecified atom stereocenters. The highest BCUT2D eigenvalue weighted by Gasteiger charge is 2.38. The highest BCUT2D eigenvalue weighted by Crippen LogP contribution is 2.35. The maximum Gasteiger partial charge on any atom is 0.434 e. The molecule has 9 heteroatoms. The Bertz CT molecular complexity index is 1040. The second-order valence-corrected chi connectivity index (χ2v) is 6.55. The lowest BCUT2D eigenvalue weighted by Crippen LogP contribution is -2.17. The lowest BCUT2D eigenvalue weighted by Gasteiger charge is -2.13. The van der Waals surface area contributed by atoms with Gasteiger partial charge in [-0.2, -0.15) is 13.2 Å². The van der Waals surface area contributed by atoms with Crippen LogP contribution in [0.3, 0.4) is 0 Å². The van der Waals surface area contributed by atoms with E-state index in [1.807, 2.05) is 0 Å². The van der Waals surface area contributed by atoms with Crippen molar-refractivity contribution in [1.29, 1.82) is 0 Å². The Morgan fingerprint density at radius 2 is 1.82 bits per heavy atom. The summed E-state index contributed by atoms with van der Waals surface area (Å²) in [7, 11) is 1.53. The summed E-state index contributed by atoms with van der Waals surface area (Å²) >= 11 is 3.38. The van der Waals surface area contributed by atoms with Crippen LogP contribution in [0.4, 0.5) is 13.2 Å². The number of aromatic nitrogens is 2. The average Bonchev–Trinajstić information content (AvgIpc) is 2.66. The van der Waals surface area contributed by atoms with E-state index >= 15 is 0 Å². The van der Waals surface area contributed by atoms with Crippen molar-refractivity contribution < 1.29 is 27.4 Å². The minimum atomic E-state index is -4.83. The number of pyridine rings is 2. The van der Waals surface area contributed by atoms with Gasteiger partial charge >= 0.3 is 12.1 Å². The van der Waals surface area contributed by atoms with Crippen molar-refractivity contribution >= 4 is 32.9 Å². The van der Waals surface area contributed by atoms with Crippen LogP contribution in [-0.4, -0.2) is 29.7 Å². The van der Waals surface area contributed by atoms with Crippen LogP contribution in [0.15, 0.2) is 40.9 Å². The third kappa shape index (κ3) is 3.94. The maximum atomic E-state index is 13.4. The van der Waals surface area contributed by atoms with Gasteiger partial charge in [0.25, 0.3) is 0 Å². The zero-order valence-corrected chi connectivity index (χ0v) is 16.4. The molecule has 0 bridgehead atoms. The molecule has 2 heterocycles. The molecule has 3 rings (SSSR count). The van der Waals surface area contributed by atoms with Crippen LogP contribution in [0.5, 0.6) is 5.75 Å². The number of esters is 1. The first-order valence-electron chi connectivity index (χ1n) is 8.14. The molecular weight excluding hydrogens is 441 g/mol. The fourth-order valence-corrected chi connectivity index (χ4v) is 3.18. The number of carbonyl (C=O) groups is 1. The predicted molar refractivity (Wildman–Crippen MR) is 100 cm³/mol. The second-order valence-electron chi connectivity index (χ2n) is 5.70. The second kappa shape index (κ2) is 7.75. The quantitative estimate of drug-likeness (QED) is 0.503. The number of hydrogen-bond acceptors (Lipinski definition) is 5. The van der Waals surface area contributed by atoms with Gasteiger partial charge in [0.15, 0.2) is 11.3 Å². The van der Waals surface area contributed by atoms with Gasteiger partial charge in [0.2, 0.25) is 0 Å². The summed E-state index contributed by atoms with van der Waals surface area (Å²) in [5, 5.41) is 0.278. The van der Waals surface area contributed by atoms with Crippen LogP contribution >= 0.6 is 15.9 Å². The third-order valence-electron chi connectivity index (χ3n) is 3.88. The monoisotopic (exact) mass is 454 g/mol. The molecule has 0 amide bonds. The van der Waals surface area contributed by atoms with E-state index < -0.39 is 23.4 Å². The van der Waals surface area contributed by atoms with Crippen LogP contribution in [-0.2, 0) is 10.9 Å². The first kappa shape index (κ1) is 20.1. The number of ether oxygens (including phenoxy) is 2. The van der Waals surface area contributed by atoms with Crippen LogP contribution in [0.25, 0.3) is 22.3 Å². The van der Waals surface area contributed by atoms with Gasteiger partial charge in [0, 0.05) is 15.4 Å². The summed E-state index contributed by atoms with van der Waals surface area (Å²) in [6.45, 7) is 1.46. The van der Waals surface area contributed by atoms with Crippen molar-refractivity contribution in [3.05, 3.63) is 52.1 Å². The number of halogens is 4. The Balaban J connectivity index is 2.20. The molecule has 0 aliphatic rings. The van der Waals surface area contributed by atoms with Crippen molar-refractivity contribution in [1.82, 2.24) is 9.97 Å². The molecule has 0 spiro atoms. The molecule has 3 aromatic rings. The smallest absolute Gasteiger partial charge is 0.434 e. The molecule has 146 valence electrons. The number of hydrogen-bond donors (Lipinski definition) is 0. The van der Waals surface area contributed by atoms with Gasteiger partial charge in [0.1, 0.15) is 5.75 Å². The lowest BCUT2D eigenvalue weighted by atomic mass is 10.1. The Hall–Kier alpha value is -2.68. The number of nitrogens with zero attached hydrogens (tertiary/aromatic N) is 2. The topological polar surface area (TPSA) is 61.3 Å². The maximum absolute atomic E-state index is 13.4. The summed E-state index contributed by atoms with van der Waals surface area (Å²) in [5.41, 5.74) is -1.02. The Kier molecular flexibility index (Phi) is 5.55. The third-order valence-corrected chi connectivity index (χ3v) is 4.49. The SMILES string of the molecule is CCOC(=O)c1cc2cc(Br)c(-c3ccc(OC)cc3)nc2nc1C(F)(F)F. The van der Waals surface area contributed by atoms with E-state index in [1.165, 1.54) is 14.0 Å². The molecule has 0 fully saturated rings. The minimum Gasteiger partial charge on any atom is -0.497 e. The van der Waals surface area contributed by atoms with Crippen molar-refractivity contribution in [3.63, 3.8) is 0 Å². The van der Waals surface area contributed by atoms with Crippen molar-refractivity contribution in [2.75, 3.05) is 13.7 Å². The van der Waals surface area contributed by atoms with E-state index in [2.05, 4.69) is 25.9 Å². The highest BCUT2D eigenvalue weighted by molar-refractivity contribution is 9.10. The number of fused-ring (bicyclic) bond motifs is 1. The molecule has 0 radical (unpaired) electrons. The number of alkyl halides is 3. The molecular formula is C19H14BrF3N2O3. The zero-order chi connectivity index (χ0) is 20.5. The highest BCUT2D eigenvalue weighted by atomic mass is 79.9. The van der Waals surface area contributed by atoms with Gasteiger partial charge in [-0.25, -0.2) is 14.8 Å². The number of carbonyl (C=O) groups excluding carboxylic acids is 1. The Morgan fingerprint density at radius 3 is 2.39 bits per heavy atom. The van der Waals surface area contributed by atoms with E-state index in [4.69, 9.17) is 9.47 Å². The number of methoxy groups -OCH3 is 1. The van der Waals surface area contributed by atoms with Crippen LogP contribution in [0.2, 0.25) is 0 Å². The van der Waals surface area contributed by atoms with Crippen molar-refractivity contribution in [3.8, 4) is 17.0 Å². The van der Waals surface area contributed by atoms with E-state index in [9.17, 15) is 18.0 Å². The van der Waals surface area contributed by atoms with Crippen molar-refractivity contribution in [2.45, 2.75) is 13.1 Å². The van der Waals surface area contributed by atoms with E-state index in [-0.39, 0.29) is 17.6 Å². The van der Waals surface area contributed by atoms with Gasteiger partial charge in [-0.1, -0.05) is 0 Å². The fraction of sp³-hybridized carbons (Fsp3) is 0.211. The minimum absolute atomic E-state index is 0.0491. The number of benzene rings is 1. The van der Waals surface area contributed by atoms with Crippen molar-refractivity contribution in [2.24, 2.45) is 0 Å². The first-order chi connectivity index (χ1) is 13.2. The molecule has 0 aliphatic carbocycles. The molecule has 0 aliphatic heterocycles. The molecule has 0 N–H and O–H groups in total. The summed E-state index contributed by atoms with van der Waals surface area (Å²) in [6.07, 6.45) is -4.83. The van der Waals surface area contributed by atoms with Crippen LogP contribution < -0.4 is 4.74 Å². The molecule has 0 saturated carbocycles. The molecule has 0 atom stereocenters. The van der Waals surface area contributed by atoms with Gasteiger partial charge < -0.3 is 9.47 Å². The predicted octanol–water partition coefficient (Wildman–Crippen LogP) is 5.26. The Morgan fingerprint density at radius 1 is 1.14 bits per heavy atom.